The lowest BCUT2D eigenvalue weighted by atomic mass is 10.1. The standard InChI is InChI=1S/C17H13Cl3N2O3/c1-9(17(24)21-13-6-10(18)2-4-12(13)20)22-14-7-11(19)3-5-15(14)25-8-16(22)23/h2-7,9H,8H2,1H3,(H,21,24). The number of hydrogen-bond acceptors (Lipinski definition) is 3. The van der Waals surface area contributed by atoms with Crippen molar-refractivity contribution in [3.8, 4) is 5.75 Å². The minimum atomic E-state index is -0.802. The van der Waals surface area contributed by atoms with Crippen molar-refractivity contribution >= 4 is 58.0 Å². The van der Waals surface area contributed by atoms with Crippen LogP contribution in [0.1, 0.15) is 6.92 Å². The molecule has 3 rings (SSSR count). The van der Waals surface area contributed by atoms with E-state index in [1.54, 1.807) is 43.3 Å². The molecule has 0 aromatic heterocycles. The van der Waals surface area contributed by atoms with Crippen LogP contribution in [0.5, 0.6) is 5.75 Å². The largest absolute Gasteiger partial charge is 0.482 e. The average Bonchev–Trinajstić information content (AvgIpc) is 2.57. The van der Waals surface area contributed by atoms with Crippen LogP contribution in [0.3, 0.4) is 0 Å². The third-order valence-electron chi connectivity index (χ3n) is 3.75. The summed E-state index contributed by atoms with van der Waals surface area (Å²) in [4.78, 5) is 26.3. The molecule has 0 saturated heterocycles. The number of nitrogens with zero attached hydrogens (tertiary/aromatic N) is 1. The van der Waals surface area contributed by atoms with Gasteiger partial charge in [0.05, 0.1) is 16.4 Å². The molecule has 0 spiro atoms. The maximum absolute atomic E-state index is 12.6. The highest BCUT2D eigenvalue weighted by Gasteiger charge is 2.33. The second-order valence-electron chi connectivity index (χ2n) is 5.45. The molecular formula is C17H13Cl3N2O3. The zero-order valence-corrected chi connectivity index (χ0v) is 15.3. The van der Waals surface area contributed by atoms with Gasteiger partial charge < -0.3 is 10.1 Å². The van der Waals surface area contributed by atoms with Gasteiger partial charge >= 0.3 is 0 Å². The summed E-state index contributed by atoms with van der Waals surface area (Å²) in [5.41, 5.74) is 0.821. The van der Waals surface area contributed by atoms with Crippen molar-refractivity contribution in [3.63, 3.8) is 0 Å². The Labute approximate surface area is 159 Å². The van der Waals surface area contributed by atoms with E-state index in [-0.39, 0.29) is 12.5 Å². The molecule has 0 saturated carbocycles. The van der Waals surface area contributed by atoms with Gasteiger partial charge in [0.15, 0.2) is 6.61 Å². The molecule has 0 aliphatic carbocycles. The number of rotatable bonds is 3. The molecule has 1 atom stereocenters. The molecule has 1 heterocycles. The van der Waals surface area contributed by atoms with Crippen molar-refractivity contribution < 1.29 is 14.3 Å². The van der Waals surface area contributed by atoms with Gasteiger partial charge in [0.25, 0.3) is 5.91 Å². The highest BCUT2D eigenvalue weighted by Crippen LogP contribution is 2.36. The maximum atomic E-state index is 12.6. The minimum Gasteiger partial charge on any atom is -0.482 e. The van der Waals surface area contributed by atoms with E-state index in [1.165, 1.54) is 4.90 Å². The van der Waals surface area contributed by atoms with Crippen LogP contribution in [0.2, 0.25) is 15.1 Å². The molecular weight excluding hydrogens is 387 g/mol. The number of amides is 2. The molecule has 25 heavy (non-hydrogen) atoms. The molecule has 1 aliphatic rings. The van der Waals surface area contributed by atoms with Crippen LogP contribution in [0.25, 0.3) is 0 Å². The quantitative estimate of drug-likeness (QED) is 0.832. The van der Waals surface area contributed by atoms with E-state index in [2.05, 4.69) is 5.32 Å². The van der Waals surface area contributed by atoms with E-state index in [4.69, 9.17) is 39.5 Å². The van der Waals surface area contributed by atoms with Gasteiger partial charge in [-0.1, -0.05) is 34.8 Å². The van der Waals surface area contributed by atoms with Gasteiger partial charge in [-0.2, -0.15) is 0 Å². The predicted octanol–water partition coefficient (Wildman–Crippen LogP) is 4.40. The Morgan fingerprint density at radius 3 is 2.60 bits per heavy atom. The molecule has 1 unspecified atom stereocenters. The summed E-state index contributed by atoms with van der Waals surface area (Å²) in [5.74, 6) is -0.260. The topological polar surface area (TPSA) is 58.6 Å². The molecule has 1 N–H and O–H groups in total. The Hall–Kier alpha value is -1.95. The van der Waals surface area contributed by atoms with Crippen molar-refractivity contribution in [2.75, 3.05) is 16.8 Å². The first-order chi connectivity index (χ1) is 11.9. The first-order valence-electron chi connectivity index (χ1n) is 7.37. The molecule has 0 radical (unpaired) electrons. The number of halogens is 3. The number of anilines is 2. The zero-order chi connectivity index (χ0) is 18.1. The van der Waals surface area contributed by atoms with E-state index < -0.39 is 11.9 Å². The molecule has 2 aromatic carbocycles. The van der Waals surface area contributed by atoms with E-state index in [9.17, 15) is 9.59 Å². The van der Waals surface area contributed by atoms with Gasteiger partial charge in [0.1, 0.15) is 11.8 Å². The van der Waals surface area contributed by atoms with Gasteiger partial charge in [0.2, 0.25) is 5.91 Å². The summed E-state index contributed by atoms with van der Waals surface area (Å²) in [6, 6.07) is 8.85. The van der Waals surface area contributed by atoms with Crippen LogP contribution in [0.15, 0.2) is 36.4 Å². The van der Waals surface area contributed by atoms with Gasteiger partial charge in [0, 0.05) is 10.0 Å². The summed E-state index contributed by atoms with van der Waals surface area (Å²) < 4.78 is 5.38. The Bertz CT molecular complexity index is 857. The van der Waals surface area contributed by atoms with E-state index in [0.29, 0.717) is 32.2 Å². The third kappa shape index (κ3) is 3.68. The second kappa shape index (κ2) is 7.12. The molecule has 0 bridgehead atoms. The number of carbonyl (C=O) groups is 2. The minimum absolute atomic E-state index is 0.149. The maximum Gasteiger partial charge on any atom is 0.265 e. The van der Waals surface area contributed by atoms with E-state index in [1.807, 2.05) is 0 Å². The first-order valence-corrected chi connectivity index (χ1v) is 8.50. The van der Waals surface area contributed by atoms with Gasteiger partial charge in [-0.3, -0.25) is 14.5 Å². The summed E-state index contributed by atoms with van der Waals surface area (Å²) in [6.45, 7) is 1.46. The molecule has 8 heteroatoms. The first kappa shape index (κ1) is 17.9. The van der Waals surface area contributed by atoms with Crippen molar-refractivity contribution in [2.24, 2.45) is 0 Å². The smallest absolute Gasteiger partial charge is 0.265 e. The molecule has 130 valence electrons. The van der Waals surface area contributed by atoms with Crippen LogP contribution in [-0.4, -0.2) is 24.5 Å². The van der Waals surface area contributed by atoms with E-state index >= 15 is 0 Å². The lowest BCUT2D eigenvalue weighted by Crippen LogP contribution is -2.49. The predicted molar refractivity (Wildman–Crippen MR) is 99.0 cm³/mol. The normalized spacial score (nSPS) is 14.6. The van der Waals surface area contributed by atoms with Crippen molar-refractivity contribution in [1.82, 2.24) is 0 Å². The monoisotopic (exact) mass is 398 g/mol. The molecule has 5 nitrogen and oxygen atoms in total. The van der Waals surface area contributed by atoms with Gasteiger partial charge in [-0.15, -0.1) is 0 Å². The number of carbonyl (C=O) groups excluding carboxylic acids is 2. The van der Waals surface area contributed by atoms with Crippen LogP contribution in [0.4, 0.5) is 11.4 Å². The van der Waals surface area contributed by atoms with Crippen molar-refractivity contribution in [2.45, 2.75) is 13.0 Å². The number of nitrogens with one attached hydrogen (secondary N) is 1. The number of fused-ring (bicyclic) bond motifs is 1. The number of hydrogen-bond donors (Lipinski definition) is 1. The average molecular weight is 400 g/mol. The fourth-order valence-corrected chi connectivity index (χ4v) is 3.02. The highest BCUT2D eigenvalue weighted by molar-refractivity contribution is 6.35. The zero-order valence-electron chi connectivity index (χ0n) is 13.1. The molecule has 0 fully saturated rings. The Morgan fingerprint density at radius 1 is 1.16 bits per heavy atom. The molecule has 2 aromatic rings. The molecule has 2 amide bonds. The van der Waals surface area contributed by atoms with Crippen molar-refractivity contribution in [3.05, 3.63) is 51.5 Å². The SMILES string of the molecule is CC(C(=O)Nc1cc(Cl)ccc1Cl)N1C(=O)COc2ccc(Cl)cc21. The van der Waals surface area contributed by atoms with Gasteiger partial charge in [-0.25, -0.2) is 0 Å². The molecule has 1 aliphatic heterocycles. The Kier molecular flexibility index (Phi) is 5.08. The van der Waals surface area contributed by atoms with Crippen LogP contribution in [0, 0.1) is 0 Å². The van der Waals surface area contributed by atoms with Gasteiger partial charge in [-0.05, 0) is 43.3 Å². The third-order valence-corrected chi connectivity index (χ3v) is 4.55. The van der Waals surface area contributed by atoms with E-state index in [0.717, 1.165) is 0 Å². The lowest BCUT2D eigenvalue weighted by Gasteiger charge is -2.33. The summed E-state index contributed by atoms with van der Waals surface area (Å²) >= 11 is 18.0. The fraction of sp³-hybridized carbons (Fsp3) is 0.176. The van der Waals surface area contributed by atoms with Crippen molar-refractivity contribution in [1.29, 1.82) is 0 Å². The summed E-state index contributed by atoms with van der Waals surface area (Å²) in [5, 5.41) is 3.91. The number of ether oxygens (including phenoxy) is 1. The Balaban J connectivity index is 1.88. The lowest BCUT2D eigenvalue weighted by molar-refractivity contribution is -0.125. The number of benzene rings is 2. The fourth-order valence-electron chi connectivity index (χ4n) is 2.52. The Morgan fingerprint density at radius 2 is 1.84 bits per heavy atom. The highest BCUT2D eigenvalue weighted by atomic mass is 35.5. The summed E-state index contributed by atoms with van der Waals surface area (Å²) in [6.07, 6.45) is 0. The van der Waals surface area contributed by atoms with Crippen LogP contribution < -0.4 is 15.0 Å². The van der Waals surface area contributed by atoms with Crippen LogP contribution >= 0.6 is 34.8 Å². The summed E-state index contributed by atoms with van der Waals surface area (Å²) in [7, 11) is 0. The second-order valence-corrected chi connectivity index (χ2v) is 6.73. The van der Waals surface area contributed by atoms with Crippen LogP contribution in [-0.2, 0) is 9.59 Å².